The largest absolute Gasteiger partial charge is 0.502 e. The van der Waals surface area contributed by atoms with Gasteiger partial charge in [0.05, 0.1) is 9.85 Å². The highest BCUT2D eigenvalue weighted by atomic mass is 79.9. The van der Waals surface area contributed by atoms with E-state index in [0.717, 1.165) is 11.1 Å². The van der Waals surface area contributed by atoms with Crippen LogP contribution in [-0.4, -0.2) is 15.0 Å². The van der Waals surface area contributed by atoms with Crippen LogP contribution < -0.4 is 4.74 Å². The Morgan fingerprint density at radius 1 is 0.838 bits per heavy atom. The summed E-state index contributed by atoms with van der Waals surface area (Å²) in [7, 11) is 0. The van der Waals surface area contributed by atoms with Crippen molar-refractivity contribution in [2.75, 3.05) is 0 Å². The Labute approximate surface area is 231 Å². The molecular formula is C27H26Br2N2O6. The second-order valence-corrected chi connectivity index (χ2v) is 9.51. The smallest absolute Gasteiger partial charge is 0.312 e. The molecule has 0 radical (unpaired) electrons. The van der Waals surface area contributed by atoms with E-state index in [4.69, 9.17) is 4.74 Å². The summed E-state index contributed by atoms with van der Waals surface area (Å²) in [6.07, 6.45) is 8.56. The zero-order chi connectivity index (χ0) is 27.4. The van der Waals surface area contributed by atoms with Crippen LogP contribution in [0.25, 0.3) is 0 Å². The van der Waals surface area contributed by atoms with E-state index in [2.05, 4.69) is 31.9 Å². The molecule has 1 N–H and O–H groups in total. The maximum absolute atomic E-state index is 11.3. The number of rotatable bonds is 9. The van der Waals surface area contributed by atoms with Crippen LogP contribution in [0, 0.1) is 20.2 Å². The van der Waals surface area contributed by atoms with Crippen LogP contribution in [0.1, 0.15) is 30.5 Å². The molecule has 10 heteroatoms. The van der Waals surface area contributed by atoms with Gasteiger partial charge in [-0.25, -0.2) is 0 Å². The lowest BCUT2D eigenvalue weighted by Crippen LogP contribution is -2.02. The van der Waals surface area contributed by atoms with Gasteiger partial charge >= 0.3 is 11.4 Å². The molecule has 0 aliphatic heterocycles. The second-order valence-electron chi connectivity index (χ2n) is 7.68. The number of allylic oxidation sites excluding steroid dienone is 4. The van der Waals surface area contributed by atoms with Crippen molar-refractivity contribution in [3.05, 3.63) is 125 Å². The minimum atomic E-state index is -0.598. The van der Waals surface area contributed by atoms with Crippen LogP contribution in [0.5, 0.6) is 11.5 Å². The summed E-state index contributed by atoms with van der Waals surface area (Å²) >= 11 is 6.49. The van der Waals surface area contributed by atoms with Crippen molar-refractivity contribution in [3.8, 4) is 11.5 Å². The SMILES string of the molecule is C/C=C/Cc1cc(Br)cc([N+](=O)[O-])c1O.C/C=C/Cc1cc(Br)cc([N+](=O)[O-])c1OCc1ccccc1. The van der Waals surface area contributed by atoms with Crippen molar-refractivity contribution in [3.63, 3.8) is 0 Å². The molecule has 8 nitrogen and oxygen atoms in total. The average Bonchev–Trinajstić information content (AvgIpc) is 2.87. The fourth-order valence-electron chi connectivity index (χ4n) is 3.24. The van der Waals surface area contributed by atoms with Gasteiger partial charge in [-0.15, -0.1) is 0 Å². The Bertz CT molecular complexity index is 1290. The standard InChI is InChI=1S/C17H16BrNO3.C10H10BrNO3/c1-2-3-9-14-10-15(18)11-16(19(20)21)17(14)22-12-13-7-5-4-6-8-13;1-2-3-4-7-5-8(11)6-9(10(7)13)12(14)15/h2-8,10-11H,9,12H2,1H3;2-3,5-6,13H,4H2,1H3/b2*3-2+. The number of hydrogen-bond donors (Lipinski definition) is 1. The molecule has 0 saturated carbocycles. The summed E-state index contributed by atoms with van der Waals surface area (Å²) in [6, 6.07) is 15.9. The Balaban J connectivity index is 0.000000281. The maximum atomic E-state index is 11.3. The number of phenols is 1. The van der Waals surface area contributed by atoms with E-state index >= 15 is 0 Å². The second kappa shape index (κ2) is 14.9. The zero-order valence-corrected chi connectivity index (χ0v) is 23.4. The zero-order valence-electron chi connectivity index (χ0n) is 20.3. The topological polar surface area (TPSA) is 116 Å². The third-order valence-corrected chi connectivity index (χ3v) is 5.93. The van der Waals surface area contributed by atoms with Crippen molar-refractivity contribution in [1.82, 2.24) is 0 Å². The highest BCUT2D eigenvalue weighted by Crippen LogP contribution is 2.36. The molecule has 0 aromatic heterocycles. The molecule has 0 spiro atoms. The van der Waals surface area contributed by atoms with Gasteiger partial charge in [0.2, 0.25) is 5.75 Å². The van der Waals surface area contributed by atoms with Gasteiger partial charge in [-0.1, -0.05) is 86.5 Å². The first kappa shape index (κ1) is 29.7. The Morgan fingerprint density at radius 3 is 1.89 bits per heavy atom. The molecule has 0 heterocycles. The van der Waals surface area contributed by atoms with Crippen LogP contribution in [-0.2, 0) is 19.4 Å². The monoisotopic (exact) mass is 632 g/mol. The first-order chi connectivity index (χ1) is 17.7. The molecule has 0 unspecified atom stereocenters. The molecule has 0 aliphatic rings. The fourth-order valence-corrected chi connectivity index (χ4v) is 4.23. The maximum Gasteiger partial charge on any atom is 0.312 e. The minimum absolute atomic E-state index is 0.0233. The number of benzene rings is 3. The van der Waals surface area contributed by atoms with Gasteiger partial charge in [-0.3, -0.25) is 20.2 Å². The third-order valence-electron chi connectivity index (χ3n) is 5.01. The van der Waals surface area contributed by atoms with Crippen LogP contribution in [0.3, 0.4) is 0 Å². The number of phenolic OH excluding ortho intramolecular Hbond substituents is 1. The summed E-state index contributed by atoms with van der Waals surface area (Å²) in [5.41, 5.74) is 2.00. The quantitative estimate of drug-likeness (QED) is 0.144. The number of nitro benzene ring substituents is 2. The van der Waals surface area contributed by atoms with E-state index in [1.165, 1.54) is 12.1 Å². The van der Waals surface area contributed by atoms with E-state index in [0.29, 0.717) is 39.7 Å². The van der Waals surface area contributed by atoms with Gasteiger partial charge in [0.15, 0.2) is 5.75 Å². The number of halogens is 2. The molecule has 0 aliphatic carbocycles. The Kier molecular flexibility index (Phi) is 12.0. The van der Waals surface area contributed by atoms with Gasteiger partial charge in [0, 0.05) is 32.2 Å². The van der Waals surface area contributed by atoms with Crippen LogP contribution in [0.15, 0.2) is 87.8 Å². The van der Waals surface area contributed by atoms with Crippen molar-refractivity contribution in [2.45, 2.75) is 33.3 Å². The van der Waals surface area contributed by atoms with Gasteiger partial charge in [0.1, 0.15) is 6.61 Å². The van der Waals surface area contributed by atoms with Crippen molar-refractivity contribution in [1.29, 1.82) is 0 Å². The molecule has 0 bridgehead atoms. The minimum Gasteiger partial charge on any atom is -0.502 e. The molecule has 0 amide bonds. The van der Waals surface area contributed by atoms with E-state index < -0.39 is 9.85 Å². The van der Waals surface area contributed by atoms with Crippen LogP contribution in [0.2, 0.25) is 0 Å². The molecule has 0 atom stereocenters. The lowest BCUT2D eigenvalue weighted by atomic mass is 10.1. The summed E-state index contributed by atoms with van der Waals surface area (Å²) < 4.78 is 7.03. The first-order valence-corrected chi connectivity index (χ1v) is 12.8. The fraction of sp³-hybridized carbons (Fsp3) is 0.185. The number of ether oxygens (including phenoxy) is 1. The highest BCUT2D eigenvalue weighted by Gasteiger charge is 2.20. The van der Waals surface area contributed by atoms with E-state index in [1.807, 2.05) is 74.5 Å². The summed E-state index contributed by atoms with van der Waals surface area (Å²) in [5, 5.41) is 31.5. The molecule has 194 valence electrons. The molecule has 3 aromatic carbocycles. The van der Waals surface area contributed by atoms with Gasteiger partial charge in [-0.05, 0) is 44.4 Å². The van der Waals surface area contributed by atoms with Gasteiger partial charge in [-0.2, -0.15) is 0 Å². The Morgan fingerprint density at radius 2 is 1.35 bits per heavy atom. The molecule has 0 fully saturated rings. The average molecular weight is 634 g/mol. The number of hydrogen-bond acceptors (Lipinski definition) is 6. The van der Waals surface area contributed by atoms with Crippen LogP contribution >= 0.6 is 31.9 Å². The predicted molar refractivity (Wildman–Crippen MR) is 151 cm³/mol. The summed E-state index contributed by atoms with van der Waals surface area (Å²) in [6.45, 7) is 4.06. The van der Waals surface area contributed by atoms with Gasteiger partial charge < -0.3 is 9.84 Å². The number of nitrogens with zero attached hydrogens (tertiary/aromatic N) is 2. The van der Waals surface area contributed by atoms with E-state index in [9.17, 15) is 25.3 Å². The third kappa shape index (κ3) is 9.14. The van der Waals surface area contributed by atoms with Crippen molar-refractivity contribution in [2.24, 2.45) is 0 Å². The molecular weight excluding hydrogens is 608 g/mol. The lowest BCUT2D eigenvalue weighted by Gasteiger charge is -2.12. The van der Waals surface area contributed by atoms with Gasteiger partial charge in [0.25, 0.3) is 0 Å². The van der Waals surface area contributed by atoms with Crippen LogP contribution in [0.4, 0.5) is 11.4 Å². The van der Waals surface area contributed by atoms with Crippen molar-refractivity contribution >= 4 is 43.2 Å². The van der Waals surface area contributed by atoms with E-state index in [1.54, 1.807) is 6.07 Å². The number of aromatic hydroxyl groups is 1. The molecule has 0 saturated heterocycles. The molecule has 3 rings (SSSR count). The molecule has 37 heavy (non-hydrogen) atoms. The summed E-state index contributed by atoms with van der Waals surface area (Å²) in [5.74, 6) is 0.0662. The predicted octanol–water partition coefficient (Wildman–Crippen LogP) is 8.24. The first-order valence-electron chi connectivity index (χ1n) is 11.2. The Hall–Kier alpha value is -3.50. The van der Waals surface area contributed by atoms with E-state index in [-0.39, 0.29) is 17.1 Å². The molecule has 3 aromatic rings. The highest BCUT2D eigenvalue weighted by molar-refractivity contribution is 9.10. The summed E-state index contributed by atoms with van der Waals surface area (Å²) in [4.78, 5) is 20.9. The van der Waals surface area contributed by atoms with Crippen molar-refractivity contribution < 1.29 is 19.7 Å². The number of nitro groups is 2. The lowest BCUT2D eigenvalue weighted by molar-refractivity contribution is -0.386. The normalized spacial score (nSPS) is 10.8.